The minimum absolute atomic E-state index is 0.119. The number of halogens is 6. The minimum atomic E-state index is -4.74. The number of anilines is 1. The predicted octanol–water partition coefficient (Wildman–Crippen LogP) is 6.31. The Hall–Kier alpha value is -4.67. The van der Waals surface area contributed by atoms with E-state index in [-0.39, 0.29) is 12.7 Å². The molecule has 2 aliphatic rings. The Morgan fingerprint density at radius 3 is 2.05 bits per heavy atom. The van der Waals surface area contributed by atoms with Crippen LogP contribution in [0.1, 0.15) is 76.8 Å². The number of likely N-dealkylation sites (N-methyl/N-ethyl adjacent to an activating group) is 1. The van der Waals surface area contributed by atoms with Crippen molar-refractivity contribution in [1.82, 2.24) is 20.9 Å². The van der Waals surface area contributed by atoms with Crippen molar-refractivity contribution >= 4 is 35.2 Å². The number of nitrogens with one attached hydrogen (secondary N) is 3. The third-order valence-electron chi connectivity index (χ3n) is 9.33. The van der Waals surface area contributed by atoms with Gasteiger partial charge in [0.2, 0.25) is 18.0 Å². The number of amides is 4. The lowest BCUT2D eigenvalue weighted by molar-refractivity contribution is -0.148. The Morgan fingerprint density at radius 1 is 0.836 bits per heavy atom. The van der Waals surface area contributed by atoms with Gasteiger partial charge in [-0.2, -0.15) is 26.3 Å². The number of para-hydroxylation sites is 1. The Labute approximate surface area is 316 Å². The number of benzodiazepines with no additional fused rings is 1. The molecule has 0 saturated carbocycles. The normalized spacial score (nSPS) is 18.4. The van der Waals surface area contributed by atoms with Crippen LogP contribution in [0.3, 0.4) is 0 Å². The summed E-state index contributed by atoms with van der Waals surface area (Å²) in [5.41, 5.74) is 1.23. The first-order valence-electron chi connectivity index (χ1n) is 18.1. The largest absolute Gasteiger partial charge is 0.444 e. The molecule has 17 heteroatoms. The van der Waals surface area contributed by atoms with E-state index in [2.05, 4.69) is 20.9 Å². The summed E-state index contributed by atoms with van der Waals surface area (Å²) in [6, 6.07) is 15.4. The highest BCUT2D eigenvalue weighted by atomic mass is 19.4. The minimum Gasteiger partial charge on any atom is -0.444 e. The number of carbonyl (C=O) groups excluding carboxylic acids is 4. The molecule has 2 aromatic rings. The topological polar surface area (TPSA) is 132 Å². The molecule has 3 atom stereocenters. The molecule has 0 spiro atoms. The molecular weight excluding hydrogens is 734 g/mol. The number of fused-ring (bicyclic) bond motifs is 1. The van der Waals surface area contributed by atoms with Gasteiger partial charge in [-0.1, -0.05) is 48.5 Å². The summed E-state index contributed by atoms with van der Waals surface area (Å²) >= 11 is 0. The van der Waals surface area contributed by atoms with Crippen LogP contribution in [0, 0.1) is 11.8 Å². The number of piperidine rings is 1. The highest BCUT2D eigenvalue weighted by molar-refractivity contribution is 6.20. The fraction of sp³-hybridized carbons (Fsp3) is 0.553. The lowest BCUT2D eigenvalue weighted by Gasteiger charge is -2.33. The number of nitrogens with zero attached hydrogens (tertiary/aromatic N) is 3. The van der Waals surface area contributed by atoms with Gasteiger partial charge in [-0.15, -0.1) is 0 Å². The highest BCUT2D eigenvalue weighted by Crippen LogP contribution is 2.33. The molecule has 0 radical (unpaired) electrons. The summed E-state index contributed by atoms with van der Waals surface area (Å²) in [5, 5.41) is 7.85. The maximum atomic E-state index is 14.1. The van der Waals surface area contributed by atoms with Gasteiger partial charge < -0.3 is 25.6 Å². The number of ether oxygens (including phenoxy) is 1. The van der Waals surface area contributed by atoms with Crippen LogP contribution in [0.4, 0.5) is 36.8 Å². The fourth-order valence-electron chi connectivity index (χ4n) is 6.59. The monoisotopic (exact) mass is 782 g/mol. The molecule has 1 fully saturated rings. The van der Waals surface area contributed by atoms with Crippen molar-refractivity contribution in [2.75, 3.05) is 31.7 Å². The van der Waals surface area contributed by atoms with Gasteiger partial charge in [-0.05, 0) is 58.9 Å². The molecule has 11 nitrogen and oxygen atoms in total. The van der Waals surface area contributed by atoms with E-state index in [1.54, 1.807) is 80.3 Å². The van der Waals surface area contributed by atoms with Crippen LogP contribution in [0.2, 0.25) is 0 Å². The van der Waals surface area contributed by atoms with Crippen LogP contribution >= 0.6 is 0 Å². The summed E-state index contributed by atoms with van der Waals surface area (Å²) in [6.07, 6.45) is -15.6. The van der Waals surface area contributed by atoms with E-state index >= 15 is 0 Å². The van der Waals surface area contributed by atoms with Crippen LogP contribution in [-0.4, -0.2) is 91.4 Å². The number of likely N-dealkylation sites (tertiary alicyclic amines) is 1. The van der Waals surface area contributed by atoms with E-state index < -0.39 is 91.9 Å². The van der Waals surface area contributed by atoms with Gasteiger partial charge >= 0.3 is 18.4 Å². The average molecular weight is 783 g/mol. The first kappa shape index (κ1) is 43.1. The van der Waals surface area contributed by atoms with Crippen LogP contribution in [0.5, 0.6) is 0 Å². The maximum absolute atomic E-state index is 14.1. The quantitative estimate of drug-likeness (QED) is 0.204. The molecule has 0 aliphatic carbocycles. The van der Waals surface area contributed by atoms with Crippen LogP contribution in [-0.2, 0) is 19.1 Å². The Balaban J connectivity index is 1.56. The molecule has 4 rings (SSSR count). The number of alkyl halides is 6. The molecule has 2 aromatic carbocycles. The SMILES string of the molecule is CN1C(=O)C(NC(=O)C(CCCC(F)(F)F)C(CCC(F)(F)F)C(=O)NCN2CCC(NC(=O)OC(C)(C)C)CC2)N=C(c2ccccc2)c2ccccc21. The molecule has 302 valence electrons. The molecule has 55 heavy (non-hydrogen) atoms. The van der Waals surface area contributed by atoms with E-state index in [4.69, 9.17) is 4.74 Å². The summed E-state index contributed by atoms with van der Waals surface area (Å²) < 4.78 is 85.9. The number of benzene rings is 2. The smallest absolute Gasteiger partial charge is 0.407 e. The lowest BCUT2D eigenvalue weighted by atomic mass is 9.83. The van der Waals surface area contributed by atoms with Gasteiger partial charge in [-0.3, -0.25) is 19.3 Å². The van der Waals surface area contributed by atoms with E-state index in [0.29, 0.717) is 48.5 Å². The second kappa shape index (κ2) is 18.3. The van der Waals surface area contributed by atoms with Crippen molar-refractivity contribution in [1.29, 1.82) is 0 Å². The number of hydrogen-bond donors (Lipinski definition) is 3. The van der Waals surface area contributed by atoms with E-state index in [1.807, 2.05) is 0 Å². The highest BCUT2D eigenvalue weighted by Gasteiger charge is 2.41. The number of alkyl carbamates (subject to hydrolysis) is 1. The third-order valence-corrected chi connectivity index (χ3v) is 9.33. The van der Waals surface area contributed by atoms with Crippen molar-refractivity contribution in [2.24, 2.45) is 16.8 Å². The van der Waals surface area contributed by atoms with Crippen molar-refractivity contribution in [3.8, 4) is 0 Å². The number of hydrogen-bond acceptors (Lipinski definition) is 7. The van der Waals surface area contributed by atoms with Crippen LogP contribution < -0.4 is 20.9 Å². The number of carbonyl (C=O) groups is 4. The molecule has 0 aromatic heterocycles. The van der Waals surface area contributed by atoms with Crippen LogP contribution in [0.25, 0.3) is 0 Å². The molecule has 0 bridgehead atoms. The molecule has 2 heterocycles. The Kier molecular flexibility index (Phi) is 14.3. The van der Waals surface area contributed by atoms with E-state index in [0.717, 1.165) is 0 Å². The second-order valence-electron chi connectivity index (χ2n) is 14.8. The average Bonchev–Trinajstić information content (AvgIpc) is 3.19. The first-order valence-corrected chi connectivity index (χ1v) is 18.1. The first-order chi connectivity index (χ1) is 25.7. The Morgan fingerprint density at radius 2 is 1.44 bits per heavy atom. The molecule has 3 unspecified atom stereocenters. The maximum Gasteiger partial charge on any atom is 0.407 e. The van der Waals surface area contributed by atoms with Gasteiger partial charge in [-0.25, -0.2) is 9.79 Å². The van der Waals surface area contributed by atoms with Gasteiger partial charge in [0, 0.05) is 62.0 Å². The number of aliphatic imine (C=N–C) groups is 1. The lowest BCUT2D eigenvalue weighted by Crippen LogP contribution is -2.52. The molecule has 2 aliphatic heterocycles. The summed E-state index contributed by atoms with van der Waals surface area (Å²) in [4.78, 5) is 61.4. The van der Waals surface area contributed by atoms with Gasteiger partial charge in [0.15, 0.2) is 0 Å². The molecule has 3 N–H and O–H groups in total. The van der Waals surface area contributed by atoms with Gasteiger partial charge in [0.1, 0.15) is 5.60 Å². The zero-order chi connectivity index (χ0) is 40.6. The zero-order valence-electron chi connectivity index (χ0n) is 31.2. The van der Waals surface area contributed by atoms with E-state index in [1.165, 1.54) is 11.9 Å². The van der Waals surface area contributed by atoms with Crippen LogP contribution in [0.15, 0.2) is 59.6 Å². The summed E-state index contributed by atoms with van der Waals surface area (Å²) in [6.45, 7) is 5.86. The molecule has 4 amide bonds. The standard InChI is InChI=1S/C38H48F6N6O5/c1-36(2,3)55-35(54)46-25-17-21-50(22-18-25)23-45-32(51)27(16-20-38(42,43)44)26(14-10-19-37(39,40)41)33(52)48-31-34(53)49(4)29-15-9-8-13-28(29)30(47-31)24-11-6-5-7-12-24/h5-9,11-13,15,25-27,31H,10,14,16-23H2,1-4H3,(H,45,51)(H,46,54)(H,48,52). The van der Waals surface area contributed by atoms with Gasteiger partial charge in [0.25, 0.3) is 5.91 Å². The van der Waals surface area contributed by atoms with Crippen molar-refractivity contribution in [2.45, 2.75) is 95.9 Å². The number of rotatable bonds is 13. The second-order valence-corrected chi connectivity index (χ2v) is 14.8. The summed E-state index contributed by atoms with van der Waals surface area (Å²) in [5.74, 6) is -6.10. The van der Waals surface area contributed by atoms with Crippen molar-refractivity contribution < 1.29 is 50.3 Å². The Bertz CT molecular complexity index is 1670. The summed E-state index contributed by atoms with van der Waals surface area (Å²) in [7, 11) is 1.46. The van der Waals surface area contributed by atoms with Gasteiger partial charge in [0.05, 0.1) is 18.1 Å². The molecule has 1 saturated heterocycles. The fourth-order valence-corrected chi connectivity index (χ4v) is 6.59. The molecular formula is C38H48F6N6O5. The predicted molar refractivity (Wildman–Crippen MR) is 193 cm³/mol. The zero-order valence-corrected chi connectivity index (χ0v) is 31.2. The van der Waals surface area contributed by atoms with Crippen molar-refractivity contribution in [3.63, 3.8) is 0 Å². The third kappa shape index (κ3) is 13.2. The van der Waals surface area contributed by atoms with E-state index in [9.17, 15) is 45.5 Å². The van der Waals surface area contributed by atoms with Crippen molar-refractivity contribution in [3.05, 3.63) is 65.7 Å².